The summed E-state index contributed by atoms with van der Waals surface area (Å²) in [6.45, 7) is 4.18. The van der Waals surface area contributed by atoms with Gasteiger partial charge in [-0.3, -0.25) is 4.79 Å². The third-order valence-corrected chi connectivity index (χ3v) is 12.7. The fourth-order valence-corrected chi connectivity index (χ4v) is 8.20. The molecular formula is C69H113NO3. The van der Waals surface area contributed by atoms with Crippen molar-refractivity contribution in [2.24, 2.45) is 0 Å². The molecule has 4 nitrogen and oxygen atoms in total. The molecule has 0 saturated carbocycles. The number of nitrogens with one attached hydrogen (secondary N) is 1. The van der Waals surface area contributed by atoms with Crippen LogP contribution in [-0.4, -0.2) is 34.9 Å². The molecule has 0 rings (SSSR count). The van der Waals surface area contributed by atoms with Crippen molar-refractivity contribution in [2.75, 3.05) is 6.61 Å². The number of hydrogen-bond donors (Lipinski definition) is 3. The van der Waals surface area contributed by atoms with Crippen LogP contribution in [-0.2, 0) is 4.79 Å². The molecule has 0 aromatic carbocycles. The van der Waals surface area contributed by atoms with Crippen molar-refractivity contribution in [3.8, 4) is 0 Å². The van der Waals surface area contributed by atoms with Gasteiger partial charge in [0.2, 0.25) is 5.91 Å². The summed E-state index contributed by atoms with van der Waals surface area (Å²) in [6, 6.07) is -0.663. The monoisotopic (exact) mass is 1000 g/mol. The van der Waals surface area contributed by atoms with Gasteiger partial charge in [0.25, 0.3) is 0 Å². The second-order valence-electron chi connectivity index (χ2n) is 19.7. The van der Waals surface area contributed by atoms with Crippen LogP contribution in [0.4, 0.5) is 0 Å². The van der Waals surface area contributed by atoms with Crippen LogP contribution in [0, 0.1) is 0 Å². The maximum Gasteiger partial charge on any atom is 0.220 e. The fourth-order valence-electron chi connectivity index (χ4n) is 8.20. The minimum absolute atomic E-state index is 0.0980. The van der Waals surface area contributed by atoms with Gasteiger partial charge in [-0.2, -0.15) is 0 Å². The number of allylic oxidation sites excluding steroid dienone is 25. The van der Waals surface area contributed by atoms with Crippen LogP contribution in [0.5, 0.6) is 0 Å². The number of rotatable bonds is 53. The van der Waals surface area contributed by atoms with E-state index in [-0.39, 0.29) is 12.5 Å². The van der Waals surface area contributed by atoms with Gasteiger partial charge < -0.3 is 15.5 Å². The van der Waals surface area contributed by atoms with Crippen molar-refractivity contribution in [2.45, 2.75) is 264 Å². The summed E-state index contributed by atoms with van der Waals surface area (Å²) in [7, 11) is 0. The quantitative estimate of drug-likeness (QED) is 0.0420. The van der Waals surface area contributed by atoms with Crippen molar-refractivity contribution in [1.82, 2.24) is 5.32 Å². The molecule has 4 heteroatoms. The molecule has 0 fully saturated rings. The third kappa shape index (κ3) is 58.8. The average molecular weight is 1000 g/mol. The van der Waals surface area contributed by atoms with Gasteiger partial charge in [0.15, 0.2) is 0 Å². The van der Waals surface area contributed by atoms with E-state index in [0.717, 1.165) is 116 Å². The Hall–Kier alpha value is -3.99. The largest absolute Gasteiger partial charge is 0.394 e. The van der Waals surface area contributed by atoms with Crippen LogP contribution in [0.2, 0.25) is 0 Å². The van der Waals surface area contributed by atoms with Crippen LogP contribution >= 0.6 is 0 Å². The Morgan fingerprint density at radius 3 is 0.959 bits per heavy atom. The van der Waals surface area contributed by atoms with Crippen LogP contribution < -0.4 is 5.32 Å². The summed E-state index contributed by atoms with van der Waals surface area (Å²) in [5.74, 6) is -0.0980. The van der Waals surface area contributed by atoms with Crippen molar-refractivity contribution < 1.29 is 15.0 Å². The number of carbonyl (C=O) groups excluding carboxylic acids is 1. The van der Waals surface area contributed by atoms with Gasteiger partial charge in [-0.05, 0) is 116 Å². The van der Waals surface area contributed by atoms with Crippen LogP contribution in [0.25, 0.3) is 0 Å². The number of amides is 1. The highest BCUT2D eigenvalue weighted by molar-refractivity contribution is 5.76. The first kappa shape index (κ1) is 69.0. The maximum absolute atomic E-state index is 12.5. The summed E-state index contributed by atoms with van der Waals surface area (Å²) >= 11 is 0. The topological polar surface area (TPSA) is 69.6 Å². The van der Waals surface area contributed by atoms with E-state index in [2.05, 4.69) is 165 Å². The summed E-state index contributed by atoms with van der Waals surface area (Å²) in [6.07, 6.45) is 99.8. The first-order valence-corrected chi connectivity index (χ1v) is 30.2. The molecule has 412 valence electrons. The number of hydrogen-bond acceptors (Lipinski definition) is 3. The van der Waals surface area contributed by atoms with Crippen molar-refractivity contribution in [1.29, 1.82) is 0 Å². The van der Waals surface area contributed by atoms with Gasteiger partial charge in [0.05, 0.1) is 18.8 Å². The number of carbonyl (C=O) groups is 1. The highest BCUT2D eigenvalue weighted by Crippen LogP contribution is 2.15. The maximum atomic E-state index is 12.5. The molecule has 0 aliphatic carbocycles. The number of aliphatic hydroxyl groups excluding tert-OH is 2. The average Bonchev–Trinajstić information content (AvgIpc) is 3.40. The van der Waals surface area contributed by atoms with Crippen LogP contribution in [0.15, 0.2) is 158 Å². The minimum atomic E-state index is -0.883. The zero-order chi connectivity index (χ0) is 52.7. The van der Waals surface area contributed by atoms with E-state index in [0.29, 0.717) is 6.42 Å². The van der Waals surface area contributed by atoms with E-state index in [9.17, 15) is 15.0 Å². The van der Waals surface area contributed by atoms with Gasteiger partial charge in [0, 0.05) is 6.42 Å². The standard InChI is InChI=1S/C69H113NO3/c1-3-5-7-9-11-13-15-17-19-21-23-25-27-28-29-30-31-32-33-34-35-36-37-38-39-40-41-42-43-45-47-49-51-53-55-57-59-61-63-65-69(73)70-67(66-71)68(72)64-62-60-58-56-54-52-50-48-46-44-26-24-22-20-18-16-14-12-10-8-6-4-2/h5,7,11,13,17,19,23,25,28-29,31-32,34-35,37-38,40-41,43,45,49,51,54,56,62,64,67-68,71-72H,3-4,6,8-10,12,14-16,18,20-22,24,26-27,30,33,36,39,42,44,46-48,50,52-53,55,57-61,63,65-66H2,1-2H3,(H,70,73)/b7-5-,13-11-,19-17-,25-23-,29-28-,32-31-,35-34-,38-37-,41-40-,45-43-,51-49-,56-54+,64-62+. The minimum Gasteiger partial charge on any atom is -0.394 e. The Kier molecular flexibility index (Phi) is 58.9. The molecule has 2 unspecified atom stereocenters. The lowest BCUT2D eigenvalue weighted by molar-refractivity contribution is -0.123. The first-order valence-electron chi connectivity index (χ1n) is 30.2. The molecule has 2 atom stereocenters. The van der Waals surface area contributed by atoms with E-state index in [1.165, 1.54) is 116 Å². The van der Waals surface area contributed by atoms with Gasteiger partial charge in [-0.15, -0.1) is 0 Å². The van der Waals surface area contributed by atoms with Gasteiger partial charge >= 0.3 is 0 Å². The van der Waals surface area contributed by atoms with E-state index >= 15 is 0 Å². The Morgan fingerprint density at radius 1 is 0.342 bits per heavy atom. The highest BCUT2D eigenvalue weighted by atomic mass is 16.3. The molecule has 1 amide bonds. The van der Waals surface area contributed by atoms with E-state index in [1.54, 1.807) is 6.08 Å². The Labute approximate surface area is 452 Å². The molecule has 0 aliphatic rings. The van der Waals surface area contributed by atoms with Crippen molar-refractivity contribution in [3.63, 3.8) is 0 Å². The van der Waals surface area contributed by atoms with Gasteiger partial charge in [-0.1, -0.05) is 287 Å². The van der Waals surface area contributed by atoms with E-state index in [4.69, 9.17) is 0 Å². The second kappa shape index (κ2) is 62.3. The van der Waals surface area contributed by atoms with Gasteiger partial charge in [-0.25, -0.2) is 0 Å². The Morgan fingerprint density at radius 2 is 0.616 bits per heavy atom. The highest BCUT2D eigenvalue weighted by Gasteiger charge is 2.17. The SMILES string of the molecule is CC/C=C\C/C=C\C/C=C\C/C=C\C/C=C\C/C=C\C/C=C\C/C=C\C/C=C\C/C=C\C/C=C\CCCCCCCC(=O)NC(CO)C(O)/C=C/CC/C=C/CCCCCCCCCCCCCCCCCC. The molecular weight excluding hydrogens is 891 g/mol. The van der Waals surface area contributed by atoms with E-state index in [1.807, 2.05) is 6.08 Å². The molecule has 0 saturated heterocycles. The Balaban J connectivity index is 3.70. The van der Waals surface area contributed by atoms with Crippen molar-refractivity contribution in [3.05, 3.63) is 158 Å². The molecule has 0 aromatic heterocycles. The van der Waals surface area contributed by atoms with Crippen LogP contribution in [0.3, 0.4) is 0 Å². The third-order valence-electron chi connectivity index (χ3n) is 12.7. The fraction of sp³-hybridized carbons (Fsp3) is 0.609. The normalized spacial score (nSPS) is 14.0. The molecule has 0 heterocycles. The lowest BCUT2D eigenvalue weighted by atomic mass is 10.0. The lowest BCUT2D eigenvalue weighted by Gasteiger charge is -2.19. The summed E-state index contributed by atoms with van der Waals surface area (Å²) in [5, 5.41) is 23.1. The molecule has 0 radical (unpaired) electrons. The molecule has 0 aromatic rings. The smallest absolute Gasteiger partial charge is 0.220 e. The van der Waals surface area contributed by atoms with E-state index < -0.39 is 12.1 Å². The predicted molar refractivity (Wildman–Crippen MR) is 326 cm³/mol. The van der Waals surface area contributed by atoms with Gasteiger partial charge in [0.1, 0.15) is 0 Å². The molecule has 3 N–H and O–H groups in total. The lowest BCUT2D eigenvalue weighted by Crippen LogP contribution is -2.45. The number of aliphatic hydroxyl groups is 2. The number of unbranched alkanes of at least 4 members (excludes halogenated alkanes) is 22. The first-order chi connectivity index (χ1) is 36.2. The molecule has 0 aliphatic heterocycles. The molecule has 73 heavy (non-hydrogen) atoms. The summed E-state index contributed by atoms with van der Waals surface area (Å²) in [5.41, 5.74) is 0. The summed E-state index contributed by atoms with van der Waals surface area (Å²) in [4.78, 5) is 12.5. The second-order valence-corrected chi connectivity index (χ2v) is 19.7. The molecule has 0 spiro atoms. The summed E-state index contributed by atoms with van der Waals surface area (Å²) < 4.78 is 0. The predicted octanol–water partition coefficient (Wildman–Crippen LogP) is 20.5. The zero-order valence-electron chi connectivity index (χ0n) is 47.3. The Bertz CT molecular complexity index is 1560. The zero-order valence-corrected chi connectivity index (χ0v) is 47.3. The molecule has 0 bridgehead atoms. The van der Waals surface area contributed by atoms with Crippen LogP contribution in [0.1, 0.15) is 251 Å². The van der Waals surface area contributed by atoms with Crippen molar-refractivity contribution >= 4 is 5.91 Å².